The molecule has 0 unspecified atom stereocenters. The average molecular weight is 205 g/mol. The normalized spacial score (nSPS) is 16.5. The van der Waals surface area contributed by atoms with E-state index in [1.54, 1.807) is 7.11 Å². The first-order valence-electron chi connectivity index (χ1n) is 5.63. The first-order chi connectivity index (χ1) is 7.29. The Bertz CT molecular complexity index is 303. The van der Waals surface area contributed by atoms with E-state index < -0.39 is 0 Å². The van der Waals surface area contributed by atoms with Gasteiger partial charge in [0.05, 0.1) is 7.11 Å². The van der Waals surface area contributed by atoms with E-state index >= 15 is 0 Å². The third-order valence-electron chi connectivity index (χ3n) is 3.29. The summed E-state index contributed by atoms with van der Waals surface area (Å²) in [6.07, 6.45) is 4.14. The molecule has 1 aliphatic carbocycles. The maximum atomic E-state index is 5.14. The zero-order chi connectivity index (χ0) is 10.7. The quantitative estimate of drug-likeness (QED) is 0.749. The van der Waals surface area contributed by atoms with Crippen LogP contribution in [0.3, 0.4) is 0 Å². The van der Waals surface area contributed by atoms with Gasteiger partial charge in [-0.1, -0.05) is 18.6 Å². The first kappa shape index (κ1) is 10.5. The summed E-state index contributed by atoms with van der Waals surface area (Å²) in [5.41, 5.74) is 1.37. The monoisotopic (exact) mass is 205 g/mol. The molecule has 0 radical (unpaired) electrons. The Kier molecular flexibility index (Phi) is 3.27. The lowest BCUT2D eigenvalue weighted by molar-refractivity contribution is 0.152. The van der Waals surface area contributed by atoms with Gasteiger partial charge in [-0.05, 0) is 37.6 Å². The van der Waals surface area contributed by atoms with E-state index in [0.29, 0.717) is 0 Å². The SMILES string of the molecule is COc1ccc(CN(C)C2CCC2)cc1. The number of nitrogens with zero attached hydrogens (tertiary/aromatic N) is 1. The molecule has 0 amide bonds. The van der Waals surface area contributed by atoms with Crippen molar-refractivity contribution < 1.29 is 4.74 Å². The highest BCUT2D eigenvalue weighted by Crippen LogP contribution is 2.25. The molecular weight excluding hydrogens is 186 g/mol. The molecule has 1 aromatic carbocycles. The van der Waals surface area contributed by atoms with Crippen LogP contribution < -0.4 is 4.74 Å². The molecule has 0 aliphatic heterocycles. The summed E-state index contributed by atoms with van der Waals surface area (Å²) in [5.74, 6) is 0.935. The molecular formula is C13H19NO. The van der Waals surface area contributed by atoms with Crippen LogP contribution in [0.15, 0.2) is 24.3 Å². The minimum atomic E-state index is 0.812. The van der Waals surface area contributed by atoms with Crippen molar-refractivity contribution in [3.05, 3.63) is 29.8 Å². The van der Waals surface area contributed by atoms with Gasteiger partial charge in [-0.3, -0.25) is 4.90 Å². The average Bonchev–Trinajstić information content (AvgIpc) is 2.16. The third-order valence-corrected chi connectivity index (χ3v) is 3.29. The smallest absolute Gasteiger partial charge is 0.118 e. The van der Waals surface area contributed by atoms with Crippen molar-refractivity contribution in [3.8, 4) is 5.75 Å². The second-order valence-electron chi connectivity index (χ2n) is 4.35. The van der Waals surface area contributed by atoms with Gasteiger partial charge in [0, 0.05) is 12.6 Å². The highest BCUT2D eigenvalue weighted by atomic mass is 16.5. The Labute approximate surface area is 91.9 Å². The van der Waals surface area contributed by atoms with Crippen molar-refractivity contribution in [2.24, 2.45) is 0 Å². The fourth-order valence-corrected chi connectivity index (χ4v) is 1.98. The largest absolute Gasteiger partial charge is 0.497 e. The lowest BCUT2D eigenvalue weighted by Gasteiger charge is -2.34. The van der Waals surface area contributed by atoms with Gasteiger partial charge in [-0.15, -0.1) is 0 Å². The first-order valence-corrected chi connectivity index (χ1v) is 5.63. The second-order valence-corrected chi connectivity index (χ2v) is 4.35. The predicted molar refractivity (Wildman–Crippen MR) is 62.1 cm³/mol. The maximum absolute atomic E-state index is 5.14. The molecule has 0 spiro atoms. The summed E-state index contributed by atoms with van der Waals surface area (Å²) >= 11 is 0. The molecule has 2 heteroatoms. The Morgan fingerprint density at radius 2 is 1.93 bits per heavy atom. The molecule has 0 atom stereocenters. The van der Waals surface area contributed by atoms with E-state index in [1.807, 2.05) is 12.1 Å². The lowest BCUT2D eigenvalue weighted by atomic mass is 9.91. The summed E-state index contributed by atoms with van der Waals surface area (Å²) < 4.78 is 5.14. The molecule has 2 rings (SSSR count). The van der Waals surface area contributed by atoms with Crippen LogP contribution in [0.5, 0.6) is 5.75 Å². The van der Waals surface area contributed by atoms with E-state index in [9.17, 15) is 0 Å². The number of methoxy groups -OCH3 is 1. The van der Waals surface area contributed by atoms with Gasteiger partial charge in [-0.2, -0.15) is 0 Å². The summed E-state index contributed by atoms with van der Waals surface area (Å²) in [5, 5.41) is 0. The van der Waals surface area contributed by atoms with Gasteiger partial charge in [0.2, 0.25) is 0 Å². The molecule has 1 aromatic rings. The van der Waals surface area contributed by atoms with Crippen molar-refractivity contribution >= 4 is 0 Å². The second kappa shape index (κ2) is 4.67. The predicted octanol–water partition coefficient (Wildman–Crippen LogP) is 2.68. The van der Waals surface area contributed by atoms with E-state index in [-0.39, 0.29) is 0 Å². The van der Waals surface area contributed by atoms with Gasteiger partial charge in [0.1, 0.15) is 5.75 Å². The number of ether oxygens (including phenoxy) is 1. The molecule has 0 saturated heterocycles. The highest BCUT2D eigenvalue weighted by Gasteiger charge is 2.21. The minimum absolute atomic E-state index is 0.812. The van der Waals surface area contributed by atoms with Crippen molar-refractivity contribution in [1.82, 2.24) is 4.90 Å². The van der Waals surface area contributed by atoms with Crippen LogP contribution in [-0.2, 0) is 6.54 Å². The third kappa shape index (κ3) is 2.51. The van der Waals surface area contributed by atoms with Gasteiger partial charge < -0.3 is 4.74 Å². The fourth-order valence-electron chi connectivity index (χ4n) is 1.98. The Balaban J connectivity index is 1.91. The number of hydrogen-bond acceptors (Lipinski definition) is 2. The molecule has 2 nitrogen and oxygen atoms in total. The van der Waals surface area contributed by atoms with Crippen LogP contribution in [-0.4, -0.2) is 25.1 Å². The van der Waals surface area contributed by atoms with Gasteiger partial charge in [-0.25, -0.2) is 0 Å². The number of rotatable bonds is 4. The summed E-state index contributed by atoms with van der Waals surface area (Å²) in [4.78, 5) is 2.45. The van der Waals surface area contributed by atoms with Crippen molar-refractivity contribution in [2.75, 3.05) is 14.2 Å². The molecule has 1 saturated carbocycles. The molecule has 0 N–H and O–H groups in total. The number of hydrogen-bond donors (Lipinski definition) is 0. The van der Waals surface area contributed by atoms with Gasteiger partial charge in [0.25, 0.3) is 0 Å². The summed E-state index contributed by atoms with van der Waals surface area (Å²) in [7, 11) is 3.92. The van der Waals surface area contributed by atoms with Gasteiger partial charge >= 0.3 is 0 Å². The molecule has 0 heterocycles. The molecule has 1 fully saturated rings. The highest BCUT2D eigenvalue weighted by molar-refractivity contribution is 5.27. The fraction of sp³-hybridized carbons (Fsp3) is 0.538. The molecule has 0 aromatic heterocycles. The van der Waals surface area contributed by atoms with E-state index in [2.05, 4.69) is 24.1 Å². The maximum Gasteiger partial charge on any atom is 0.118 e. The van der Waals surface area contributed by atoms with E-state index in [4.69, 9.17) is 4.74 Å². The Morgan fingerprint density at radius 3 is 2.40 bits per heavy atom. The van der Waals surface area contributed by atoms with Crippen molar-refractivity contribution in [3.63, 3.8) is 0 Å². The topological polar surface area (TPSA) is 12.5 Å². The summed E-state index contributed by atoms with van der Waals surface area (Å²) in [6.45, 7) is 1.05. The van der Waals surface area contributed by atoms with Crippen LogP contribution in [0.25, 0.3) is 0 Å². The molecule has 1 aliphatic rings. The number of benzene rings is 1. The van der Waals surface area contributed by atoms with E-state index in [1.165, 1.54) is 24.8 Å². The molecule has 0 bridgehead atoms. The van der Waals surface area contributed by atoms with Gasteiger partial charge in [0.15, 0.2) is 0 Å². The zero-order valence-electron chi connectivity index (χ0n) is 9.57. The Hall–Kier alpha value is -1.02. The lowest BCUT2D eigenvalue weighted by Crippen LogP contribution is -2.36. The van der Waals surface area contributed by atoms with Crippen molar-refractivity contribution in [2.45, 2.75) is 31.8 Å². The van der Waals surface area contributed by atoms with E-state index in [0.717, 1.165) is 18.3 Å². The molecule has 82 valence electrons. The van der Waals surface area contributed by atoms with Crippen LogP contribution >= 0.6 is 0 Å². The standard InChI is InChI=1S/C13H19NO/c1-14(12-4-3-5-12)10-11-6-8-13(15-2)9-7-11/h6-9,12H,3-5,10H2,1-2H3. The summed E-state index contributed by atoms with van der Waals surface area (Å²) in [6, 6.07) is 9.17. The zero-order valence-corrected chi connectivity index (χ0v) is 9.57. The van der Waals surface area contributed by atoms with Crippen molar-refractivity contribution in [1.29, 1.82) is 0 Å². The van der Waals surface area contributed by atoms with Crippen LogP contribution in [0.1, 0.15) is 24.8 Å². The van der Waals surface area contributed by atoms with Crippen LogP contribution in [0.4, 0.5) is 0 Å². The Morgan fingerprint density at radius 1 is 1.27 bits per heavy atom. The van der Waals surface area contributed by atoms with Crippen LogP contribution in [0, 0.1) is 0 Å². The van der Waals surface area contributed by atoms with Crippen LogP contribution in [0.2, 0.25) is 0 Å². The minimum Gasteiger partial charge on any atom is -0.497 e. The molecule has 15 heavy (non-hydrogen) atoms.